The van der Waals surface area contributed by atoms with E-state index >= 15 is 0 Å². The molecule has 6 heteroatoms. The van der Waals surface area contributed by atoms with Crippen LogP contribution in [0, 0.1) is 23.2 Å². The minimum atomic E-state index is -0.309. The van der Waals surface area contributed by atoms with Crippen molar-refractivity contribution in [2.45, 2.75) is 44.6 Å². The summed E-state index contributed by atoms with van der Waals surface area (Å²) in [5.41, 5.74) is 5.40. The molecule has 1 aliphatic heterocycles. The van der Waals surface area contributed by atoms with Gasteiger partial charge >= 0.3 is 5.97 Å². The van der Waals surface area contributed by atoms with Gasteiger partial charge in [-0.2, -0.15) is 10.4 Å². The molecule has 31 heavy (non-hydrogen) atoms. The first-order valence-corrected chi connectivity index (χ1v) is 11.3. The molecule has 3 aliphatic rings. The first-order chi connectivity index (χ1) is 15.1. The second-order valence-electron chi connectivity index (χ2n) is 8.65. The van der Waals surface area contributed by atoms with Crippen LogP contribution in [0.5, 0.6) is 0 Å². The van der Waals surface area contributed by atoms with Crippen LogP contribution >= 0.6 is 11.6 Å². The summed E-state index contributed by atoms with van der Waals surface area (Å²) < 4.78 is 4.89. The number of esters is 1. The van der Waals surface area contributed by atoms with Gasteiger partial charge < -0.3 is 4.74 Å². The van der Waals surface area contributed by atoms with E-state index in [0.717, 1.165) is 35.4 Å². The predicted octanol–water partition coefficient (Wildman–Crippen LogP) is 5.34. The van der Waals surface area contributed by atoms with Gasteiger partial charge in [-0.05, 0) is 67.5 Å². The van der Waals surface area contributed by atoms with Gasteiger partial charge in [0.05, 0.1) is 40.7 Å². The Morgan fingerprint density at radius 3 is 2.71 bits per heavy atom. The molecule has 0 spiro atoms. The highest BCUT2D eigenvalue weighted by molar-refractivity contribution is 6.32. The van der Waals surface area contributed by atoms with E-state index < -0.39 is 0 Å². The highest BCUT2D eigenvalue weighted by Gasteiger charge is 2.45. The number of rotatable bonds is 3. The molecule has 5 rings (SSSR count). The Hall–Kier alpha value is -2.84. The van der Waals surface area contributed by atoms with E-state index in [-0.39, 0.29) is 5.97 Å². The fourth-order valence-electron chi connectivity index (χ4n) is 5.55. The molecule has 1 fully saturated rings. The van der Waals surface area contributed by atoms with Crippen molar-refractivity contribution in [1.82, 2.24) is 0 Å². The number of benzene rings is 2. The minimum Gasteiger partial charge on any atom is -0.465 e. The van der Waals surface area contributed by atoms with Crippen LogP contribution in [0.3, 0.4) is 0 Å². The Balaban J connectivity index is 1.57. The second kappa shape index (κ2) is 8.01. The predicted molar refractivity (Wildman–Crippen MR) is 121 cm³/mol. The first-order valence-electron chi connectivity index (χ1n) is 10.9. The molecule has 5 nitrogen and oxygen atoms in total. The van der Waals surface area contributed by atoms with Crippen molar-refractivity contribution in [2.24, 2.45) is 16.9 Å². The number of carbonyl (C=O) groups is 1. The number of hydrazone groups is 1. The normalized spacial score (nSPS) is 22.5. The van der Waals surface area contributed by atoms with Gasteiger partial charge in [0, 0.05) is 11.5 Å². The number of methoxy groups -OCH3 is 1. The van der Waals surface area contributed by atoms with Crippen LogP contribution in [0.25, 0.3) is 0 Å². The van der Waals surface area contributed by atoms with E-state index in [9.17, 15) is 10.1 Å². The minimum absolute atomic E-state index is 0.301. The van der Waals surface area contributed by atoms with E-state index in [2.05, 4.69) is 11.1 Å². The number of halogens is 1. The van der Waals surface area contributed by atoms with Crippen LogP contribution in [-0.4, -0.2) is 24.8 Å². The topological polar surface area (TPSA) is 65.7 Å². The maximum Gasteiger partial charge on any atom is 0.337 e. The zero-order valence-corrected chi connectivity index (χ0v) is 18.2. The van der Waals surface area contributed by atoms with Crippen LogP contribution in [0.2, 0.25) is 5.02 Å². The summed E-state index contributed by atoms with van der Waals surface area (Å²) in [6.45, 7) is 0. The number of nitriles is 1. The zero-order valence-electron chi connectivity index (χ0n) is 17.5. The second-order valence-corrected chi connectivity index (χ2v) is 9.06. The van der Waals surface area contributed by atoms with Crippen molar-refractivity contribution in [3.8, 4) is 6.07 Å². The van der Waals surface area contributed by atoms with Crippen LogP contribution in [0.4, 0.5) is 5.69 Å². The van der Waals surface area contributed by atoms with Crippen molar-refractivity contribution >= 4 is 29.0 Å². The molecular weight excluding hydrogens is 410 g/mol. The van der Waals surface area contributed by atoms with Crippen LogP contribution in [-0.2, 0) is 11.2 Å². The molecule has 2 atom stereocenters. The molecule has 2 aromatic rings. The molecule has 0 saturated heterocycles. The van der Waals surface area contributed by atoms with Gasteiger partial charge in [0.15, 0.2) is 0 Å². The Kier molecular flexibility index (Phi) is 5.19. The molecule has 158 valence electrons. The SMILES string of the molecule is COC(=O)c1ccc2c(c1)CCC1C2=NN(c2ccc(C#N)c(Cl)c2)C1C1CCCC1. The number of aryl methyl sites for hydroxylation is 1. The van der Waals surface area contributed by atoms with Gasteiger partial charge in [0.2, 0.25) is 0 Å². The molecule has 0 N–H and O–H groups in total. The lowest BCUT2D eigenvalue weighted by molar-refractivity contribution is 0.0600. The van der Waals surface area contributed by atoms with E-state index in [1.165, 1.54) is 32.8 Å². The molecular formula is C25H24ClN3O2. The number of ether oxygens (including phenoxy) is 1. The average Bonchev–Trinajstić information content (AvgIpc) is 3.45. The molecule has 2 aliphatic carbocycles. The summed E-state index contributed by atoms with van der Waals surface area (Å²) in [6, 6.07) is 13.8. The van der Waals surface area contributed by atoms with E-state index in [0.29, 0.717) is 34.0 Å². The third kappa shape index (κ3) is 3.40. The molecule has 0 bridgehead atoms. The van der Waals surface area contributed by atoms with Gasteiger partial charge in [-0.25, -0.2) is 4.79 Å². The average molecular weight is 434 g/mol. The molecule has 1 heterocycles. The quantitative estimate of drug-likeness (QED) is 0.612. The van der Waals surface area contributed by atoms with Crippen molar-refractivity contribution in [1.29, 1.82) is 5.26 Å². The standard InChI is InChI=1S/C25H24ClN3O2/c1-31-25(30)17-8-10-20-16(12-17)7-11-21-23(20)28-29(24(21)15-4-2-3-5-15)19-9-6-18(14-27)22(26)13-19/h6,8-10,12-13,15,21,24H,2-5,7,11H2,1H3. The smallest absolute Gasteiger partial charge is 0.337 e. The lowest BCUT2D eigenvalue weighted by atomic mass is 9.75. The number of hydrogen-bond donors (Lipinski definition) is 0. The van der Waals surface area contributed by atoms with E-state index in [4.69, 9.17) is 21.4 Å². The lowest BCUT2D eigenvalue weighted by Crippen LogP contribution is -2.40. The Bertz CT molecular complexity index is 1110. The summed E-state index contributed by atoms with van der Waals surface area (Å²) in [6.07, 6.45) is 6.92. The molecule has 2 aromatic carbocycles. The number of carbonyl (C=O) groups excluding carboxylic acids is 1. The summed E-state index contributed by atoms with van der Waals surface area (Å²) in [4.78, 5) is 12.0. The largest absolute Gasteiger partial charge is 0.465 e. The highest BCUT2D eigenvalue weighted by atomic mass is 35.5. The van der Waals surface area contributed by atoms with Gasteiger partial charge in [0.1, 0.15) is 6.07 Å². The van der Waals surface area contributed by atoms with E-state index in [1.807, 2.05) is 30.3 Å². The molecule has 2 unspecified atom stereocenters. The van der Waals surface area contributed by atoms with Gasteiger partial charge in [-0.3, -0.25) is 5.01 Å². The summed E-state index contributed by atoms with van der Waals surface area (Å²) in [5, 5.41) is 17.0. The maximum absolute atomic E-state index is 12.0. The Morgan fingerprint density at radius 1 is 1.19 bits per heavy atom. The fraction of sp³-hybridized carbons (Fsp3) is 0.400. The summed E-state index contributed by atoms with van der Waals surface area (Å²) >= 11 is 6.37. The van der Waals surface area contributed by atoms with Crippen LogP contribution in [0.1, 0.15) is 59.2 Å². The van der Waals surface area contributed by atoms with Crippen molar-refractivity contribution in [3.63, 3.8) is 0 Å². The van der Waals surface area contributed by atoms with Gasteiger partial charge in [0.25, 0.3) is 0 Å². The summed E-state index contributed by atoms with van der Waals surface area (Å²) in [7, 11) is 1.41. The molecule has 0 radical (unpaired) electrons. The number of nitrogens with zero attached hydrogens (tertiary/aromatic N) is 3. The number of hydrogen-bond acceptors (Lipinski definition) is 5. The van der Waals surface area contributed by atoms with Crippen molar-refractivity contribution in [2.75, 3.05) is 12.1 Å². The van der Waals surface area contributed by atoms with E-state index in [1.54, 1.807) is 6.07 Å². The number of anilines is 1. The van der Waals surface area contributed by atoms with Gasteiger partial charge in [-0.1, -0.05) is 30.5 Å². The Morgan fingerprint density at radius 2 is 2.00 bits per heavy atom. The first kappa shape index (κ1) is 20.1. The van der Waals surface area contributed by atoms with Crippen LogP contribution in [0.15, 0.2) is 41.5 Å². The van der Waals surface area contributed by atoms with Gasteiger partial charge in [-0.15, -0.1) is 0 Å². The molecule has 0 amide bonds. The highest BCUT2D eigenvalue weighted by Crippen LogP contribution is 2.45. The van der Waals surface area contributed by atoms with Crippen molar-refractivity contribution in [3.05, 3.63) is 63.7 Å². The number of fused-ring (bicyclic) bond motifs is 3. The fourth-order valence-corrected chi connectivity index (χ4v) is 5.77. The molecule has 1 saturated carbocycles. The molecule has 0 aromatic heterocycles. The third-order valence-electron chi connectivity index (χ3n) is 7.01. The monoisotopic (exact) mass is 433 g/mol. The lowest BCUT2D eigenvalue weighted by Gasteiger charge is -2.34. The Labute approximate surface area is 187 Å². The van der Waals surface area contributed by atoms with Crippen molar-refractivity contribution < 1.29 is 9.53 Å². The third-order valence-corrected chi connectivity index (χ3v) is 7.32. The maximum atomic E-state index is 12.0. The summed E-state index contributed by atoms with van der Waals surface area (Å²) in [5.74, 6) is 0.640. The van der Waals surface area contributed by atoms with Crippen LogP contribution < -0.4 is 5.01 Å². The zero-order chi connectivity index (χ0) is 21.5.